The third-order valence-corrected chi connectivity index (χ3v) is 4.09. The highest BCUT2D eigenvalue weighted by Crippen LogP contribution is 2.33. The van der Waals surface area contributed by atoms with Gasteiger partial charge in [-0.25, -0.2) is 8.42 Å². The van der Waals surface area contributed by atoms with Crippen LogP contribution in [0.1, 0.15) is 11.1 Å². The molecule has 1 aromatic rings. The lowest BCUT2D eigenvalue weighted by Gasteiger charge is -2.05. The van der Waals surface area contributed by atoms with E-state index in [4.69, 9.17) is 10.5 Å². The summed E-state index contributed by atoms with van der Waals surface area (Å²) < 4.78 is 28.5. The van der Waals surface area contributed by atoms with Gasteiger partial charge in [-0.05, 0) is 28.8 Å². The first-order chi connectivity index (χ1) is 7.58. The summed E-state index contributed by atoms with van der Waals surface area (Å²) in [6, 6.07) is 5.15. The molecule has 0 fully saturated rings. The van der Waals surface area contributed by atoms with E-state index in [0.29, 0.717) is 29.2 Å². The van der Waals surface area contributed by atoms with Gasteiger partial charge in [-0.15, -0.1) is 0 Å². The monoisotopic (exact) mass is 239 g/mol. The van der Waals surface area contributed by atoms with E-state index in [9.17, 15) is 8.42 Å². The van der Waals surface area contributed by atoms with Crippen LogP contribution in [-0.2, 0) is 21.1 Å². The summed E-state index contributed by atoms with van der Waals surface area (Å²) in [7, 11) is -1.74. The number of rotatable bonds is 3. The maximum atomic E-state index is 11.8. The average molecular weight is 239 g/mol. The van der Waals surface area contributed by atoms with Crippen molar-refractivity contribution in [1.82, 2.24) is 0 Å². The van der Waals surface area contributed by atoms with Crippen LogP contribution in [-0.4, -0.2) is 22.1 Å². The Morgan fingerprint density at radius 3 is 2.75 bits per heavy atom. The van der Waals surface area contributed by atoms with Crippen molar-refractivity contribution in [2.75, 3.05) is 13.7 Å². The van der Waals surface area contributed by atoms with Crippen LogP contribution in [0.4, 0.5) is 0 Å². The summed E-state index contributed by atoms with van der Waals surface area (Å²) in [5.74, 6) is 0. The third-order valence-electron chi connectivity index (χ3n) is 2.53. The molecule has 0 spiro atoms. The molecule has 4 nitrogen and oxygen atoms in total. The average Bonchev–Trinajstić information content (AvgIpc) is 2.51. The van der Waals surface area contributed by atoms with Crippen LogP contribution in [0.3, 0.4) is 0 Å². The van der Waals surface area contributed by atoms with Gasteiger partial charge in [-0.3, -0.25) is 0 Å². The molecule has 0 saturated carbocycles. The number of benzene rings is 1. The third kappa shape index (κ3) is 1.77. The van der Waals surface area contributed by atoms with E-state index in [0.717, 1.165) is 5.56 Å². The van der Waals surface area contributed by atoms with Gasteiger partial charge in [0, 0.05) is 19.1 Å². The van der Waals surface area contributed by atoms with Crippen molar-refractivity contribution in [3.05, 3.63) is 34.7 Å². The molecule has 0 aromatic heterocycles. The number of hydrogen-bond acceptors (Lipinski definition) is 4. The smallest absolute Gasteiger partial charge is 0.200 e. The van der Waals surface area contributed by atoms with E-state index in [1.165, 1.54) is 12.5 Å². The van der Waals surface area contributed by atoms with Gasteiger partial charge < -0.3 is 10.5 Å². The Morgan fingerprint density at radius 2 is 2.12 bits per heavy atom. The van der Waals surface area contributed by atoms with Gasteiger partial charge in [0.25, 0.3) is 0 Å². The van der Waals surface area contributed by atoms with Gasteiger partial charge in [0.05, 0.1) is 11.5 Å². The minimum atomic E-state index is -3.28. The quantitative estimate of drug-likeness (QED) is 0.851. The molecule has 2 N–H and O–H groups in total. The van der Waals surface area contributed by atoms with Gasteiger partial charge in [0.15, 0.2) is 0 Å². The first-order valence-corrected chi connectivity index (χ1v) is 6.41. The number of methoxy groups -OCH3 is 1. The zero-order chi connectivity index (χ0) is 11.8. The first-order valence-electron chi connectivity index (χ1n) is 4.86. The van der Waals surface area contributed by atoms with E-state index < -0.39 is 9.84 Å². The topological polar surface area (TPSA) is 69.4 Å². The van der Waals surface area contributed by atoms with Crippen LogP contribution in [0, 0.1) is 0 Å². The van der Waals surface area contributed by atoms with Crippen molar-refractivity contribution in [1.29, 1.82) is 0 Å². The molecule has 1 heterocycles. The Balaban J connectivity index is 2.58. The fourth-order valence-corrected chi connectivity index (χ4v) is 3.24. The molecule has 5 heteroatoms. The zero-order valence-corrected chi connectivity index (χ0v) is 9.75. The van der Waals surface area contributed by atoms with Crippen LogP contribution in [0.5, 0.6) is 0 Å². The molecular formula is C11H13NO3S. The minimum absolute atomic E-state index is 0.292. The molecule has 2 rings (SSSR count). The maximum absolute atomic E-state index is 11.8. The normalized spacial score (nSPS) is 17.0. The lowest BCUT2D eigenvalue weighted by molar-refractivity contribution is 0.239. The molecule has 1 aliphatic rings. The molecule has 0 amide bonds. The highest BCUT2D eigenvalue weighted by atomic mass is 32.2. The molecule has 0 bridgehead atoms. The molecule has 1 aliphatic heterocycles. The Labute approximate surface area is 94.6 Å². The van der Waals surface area contributed by atoms with E-state index in [-0.39, 0.29) is 0 Å². The SMILES string of the molecule is COCC1=CS(=O)(=O)c2ccc(CN)cc21. The minimum Gasteiger partial charge on any atom is -0.380 e. The predicted octanol–water partition coefficient (Wildman–Crippen LogP) is 0.920. The fraction of sp³-hybridized carbons (Fsp3) is 0.273. The Kier molecular flexibility index (Phi) is 2.84. The lowest BCUT2D eigenvalue weighted by atomic mass is 10.1. The second kappa shape index (κ2) is 4.01. The van der Waals surface area contributed by atoms with E-state index in [1.54, 1.807) is 12.1 Å². The number of fused-ring (bicyclic) bond motifs is 1. The van der Waals surface area contributed by atoms with Crippen molar-refractivity contribution in [2.24, 2.45) is 5.73 Å². The van der Waals surface area contributed by atoms with E-state index >= 15 is 0 Å². The highest BCUT2D eigenvalue weighted by Gasteiger charge is 2.26. The standard InChI is InChI=1S/C11H13NO3S/c1-15-6-9-7-16(13,14)11-3-2-8(5-12)4-10(9)11/h2-4,7H,5-6,12H2,1H3. The van der Waals surface area contributed by atoms with Gasteiger partial charge >= 0.3 is 0 Å². The second-order valence-corrected chi connectivity index (χ2v) is 5.42. The summed E-state index contributed by atoms with van der Waals surface area (Å²) in [6.07, 6.45) is 0. The molecule has 0 saturated heterocycles. The predicted molar refractivity (Wildman–Crippen MR) is 61.4 cm³/mol. The van der Waals surface area contributed by atoms with Crippen molar-refractivity contribution in [2.45, 2.75) is 11.4 Å². The molecule has 1 aromatic carbocycles. The fourth-order valence-electron chi connectivity index (χ4n) is 1.78. The highest BCUT2D eigenvalue weighted by molar-refractivity contribution is 7.95. The Bertz CT molecular complexity index is 546. The Morgan fingerprint density at radius 1 is 1.38 bits per heavy atom. The maximum Gasteiger partial charge on any atom is 0.200 e. The van der Waals surface area contributed by atoms with Gasteiger partial charge in [0.2, 0.25) is 9.84 Å². The molecule has 0 unspecified atom stereocenters. The van der Waals surface area contributed by atoms with E-state index in [2.05, 4.69) is 0 Å². The summed E-state index contributed by atoms with van der Waals surface area (Å²) >= 11 is 0. The van der Waals surface area contributed by atoms with Crippen LogP contribution in [0.25, 0.3) is 5.57 Å². The number of nitrogens with two attached hydrogens (primary N) is 1. The zero-order valence-electron chi connectivity index (χ0n) is 8.93. The lowest BCUT2D eigenvalue weighted by Crippen LogP contribution is -2.00. The molecule has 0 atom stereocenters. The van der Waals surface area contributed by atoms with Gasteiger partial charge in [-0.1, -0.05) is 6.07 Å². The number of sulfone groups is 1. The summed E-state index contributed by atoms with van der Waals surface area (Å²) in [4.78, 5) is 0.344. The molecule has 86 valence electrons. The summed E-state index contributed by atoms with van der Waals surface area (Å²) in [5.41, 5.74) is 7.85. The molecule has 0 radical (unpaired) electrons. The van der Waals surface area contributed by atoms with E-state index in [1.807, 2.05) is 6.07 Å². The van der Waals surface area contributed by atoms with Gasteiger partial charge in [-0.2, -0.15) is 0 Å². The van der Waals surface area contributed by atoms with Crippen molar-refractivity contribution >= 4 is 15.4 Å². The van der Waals surface area contributed by atoms with Crippen molar-refractivity contribution in [3.8, 4) is 0 Å². The summed E-state index contributed by atoms with van der Waals surface area (Å²) in [6.45, 7) is 0.688. The largest absolute Gasteiger partial charge is 0.380 e. The van der Waals surface area contributed by atoms with Crippen LogP contribution in [0.2, 0.25) is 0 Å². The van der Waals surface area contributed by atoms with Gasteiger partial charge in [0.1, 0.15) is 0 Å². The molecule has 16 heavy (non-hydrogen) atoms. The first kappa shape index (κ1) is 11.3. The Hall–Kier alpha value is -1.17. The number of hydrogen-bond donors (Lipinski definition) is 1. The summed E-state index contributed by atoms with van der Waals surface area (Å²) in [5, 5.41) is 1.27. The van der Waals surface area contributed by atoms with Crippen LogP contribution < -0.4 is 5.73 Å². The second-order valence-electron chi connectivity index (χ2n) is 3.66. The van der Waals surface area contributed by atoms with Crippen LogP contribution >= 0.6 is 0 Å². The molecule has 0 aliphatic carbocycles. The molecular weight excluding hydrogens is 226 g/mol. The van der Waals surface area contributed by atoms with Crippen molar-refractivity contribution in [3.63, 3.8) is 0 Å². The van der Waals surface area contributed by atoms with Crippen LogP contribution in [0.15, 0.2) is 28.5 Å². The number of ether oxygens (including phenoxy) is 1. The van der Waals surface area contributed by atoms with Crippen molar-refractivity contribution < 1.29 is 13.2 Å².